The Morgan fingerprint density at radius 3 is 3.00 bits per heavy atom. The first kappa shape index (κ1) is 10.9. The minimum atomic E-state index is 0.0384. The number of carbonyl (C=O) groups excluding carboxylic acids is 1. The number of nitrogens with one attached hydrogen (secondary N) is 2. The number of hydrogen-bond acceptors (Lipinski definition) is 5. The van der Waals surface area contributed by atoms with E-state index in [4.69, 9.17) is 4.42 Å². The van der Waals surface area contributed by atoms with Gasteiger partial charge in [-0.05, 0) is 18.2 Å². The topological polar surface area (TPSA) is 80.1 Å². The lowest BCUT2D eigenvalue weighted by atomic mass is 10.0. The van der Waals surface area contributed by atoms with Crippen molar-refractivity contribution in [1.82, 2.24) is 15.5 Å². The van der Waals surface area contributed by atoms with Crippen LogP contribution in [0.4, 0.5) is 5.69 Å². The van der Waals surface area contributed by atoms with Crippen LogP contribution < -0.4 is 10.6 Å². The predicted molar refractivity (Wildman–Crippen MR) is 64.7 cm³/mol. The van der Waals surface area contributed by atoms with Gasteiger partial charge in [0.25, 0.3) is 0 Å². The average molecular weight is 244 g/mol. The Kier molecular flexibility index (Phi) is 2.77. The largest absolute Gasteiger partial charge is 0.423 e. The van der Waals surface area contributed by atoms with Gasteiger partial charge in [0.1, 0.15) is 0 Å². The molecular formula is C12H12N4O2. The smallest absolute Gasteiger partial charge is 0.247 e. The number of nitrogens with zero attached hydrogens (tertiary/aromatic N) is 2. The van der Waals surface area contributed by atoms with Crippen LogP contribution >= 0.6 is 0 Å². The summed E-state index contributed by atoms with van der Waals surface area (Å²) in [5.74, 6) is 0.546. The Hall–Kier alpha value is -2.21. The van der Waals surface area contributed by atoms with Gasteiger partial charge in [-0.3, -0.25) is 4.79 Å². The molecule has 1 fully saturated rings. The molecule has 0 atom stereocenters. The number of amides is 1. The molecule has 1 aromatic heterocycles. The summed E-state index contributed by atoms with van der Waals surface area (Å²) in [6.45, 7) is 1.49. The first-order valence-corrected chi connectivity index (χ1v) is 5.71. The third-order valence-electron chi connectivity index (χ3n) is 2.89. The molecule has 6 nitrogen and oxygen atoms in total. The lowest BCUT2D eigenvalue weighted by Gasteiger charge is -2.25. The zero-order chi connectivity index (χ0) is 12.4. The van der Waals surface area contributed by atoms with Crippen molar-refractivity contribution in [3.8, 4) is 11.5 Å². The van der Waals surface area contributed by atoms with Crippen LogP contribution in [0.25, 0.3) is 11.5 Å². The maximum absolute atomic E-state index is 11.8. The van der Waals surface area contributed by atoms with Gasteiger partial charge in [0.15, 0.2) is 0 Å². The fourth-order valence-electron chi connectivity index (χ4n) is 1.75. The van der Waals surface area contributed by atoms with Crippen LogP contribution in [0.5, 0.6) is 0 Å². The van der Waals surface area contributed by atoms with Crippen LogP contribution in [0, 0.1) is 5.92 Å². The molecule has 2 aromatic rings. The molecule has 0 bridgehead atoms. The predicted octanol–water partition coefficient (Wildman–Crippen LogP) is 0.894. The van der Waals surface area contributed by atoms with E-state index in [1.165, 1.54) is 6.39 Å². The second-order valence-electron chi connectivity index (χ2n) is 4.17. The summed E-state index contributed by atoms with van der Waals surface area (Å²) in [4.78, 5) is 11.8. The number of rotatable bonds is 3. The number of hydrogen-bond donors (Lipinski definition) is 2. The fourth-order valence-corrected chi connectivity index (χ4v) is 1.75. The Labute approximate surface area is 103 Å². The number of carbonyl (C=O) groups is 1. The van der Waals surface area contributed by atoms with Gasteiger partial charge < -0.3 is 15.1 Å². The Balaban J connectivity index is 1.76. The molecule has 1 aliphatic heterocycles. The highest BCUT2D eigenvalue weighted by molar-refractivity contribution is 5.93. The van der Waals surface area contributed by atoms with Gasteiger partial charge in [-0.2, -0.15) is 0 Å². The molecule has 3 rings (SSSR count). The molecule has 0 unspecified atom stereocenters. The third-order valence-corrected chi connectivity index (χ3v) is 2.89. The highest BCUT2D eigenvalue weighted by Gasteiger charge is 2.24. The third kappa shape index (κ3) is 2.10. The van der Waals surface area contributed by atoms with Crippen LogP contribution in [-0.2, 0) is 4.79 Å². The van der Waals surface area contributed by atoms with E-state index in [0.717, 1.165) is 24.3 Å². The molecule has 6 heteroatoms. The number of aromatic nitrogens is 2. The van der Waals surface area contributed by atoms with E-state index in [0.29, 0.717) is 5.89 Å². The minimum absolute atomic E-state index is 0.0384. The molecule has 1 aromatic carbocycles. The van der Waals surface area contributed by atoms with E-state index in [2.05, 4.69) is 20.8 Å². The summed E-state index contributed by atoms with van der Waals surface area (Å²) in [6, 6.07) is 7.35. The van der Waals surface area contributed by atoms with Crippen LogP contribution in [-0.4, -0.2) is 29.2 Å². The second-order valence-corrected chi connectivity index (χ2v) is 4.17. The van der Waals surface area contributed by atoms with Crippen molar-refractivity contribution < 1.29 is 9.21 Å². The molecule has 92 valence electrons. The summed E-state index contributed by atoms with van der Waals surface area (Å²) in [5.41, 5.74) is 1.53. The van der Waals surface area contributed by atoms with Gasteiger partial charge in [0.2, 0.25) is 18.2 Å². The highest BCUT2D eigenvalue weighted by Crippen LogP contribution is 2.20. The van der Waals surface area contributed by atoms with Crippen molar-refractivity contribution in [2.75, 3.05) is 18.4 Å². The average Bonchev–Trinajstić information content (AvgIpc) is 2.80. The van der Waals surface area contributed by atoms with Crippen molar-refractivity contribution in [3.05, 3.63) is 30.7 Å². The number of anilines is 1. The summed E-state index contributed by atoms with van der Waals surface area (Å²) < 4.78 is 5.11. The maximum atomic E-state index is 11.8. The molecule has 0 saturated carbocycles. The van der Waals surface area contributed by atoms with E-state index >= 15 is 0 Å². The minimum Gasteiger partial charge on any atom is -0.423 e. The fraction of sp³-hybridized carbons (Fsp3) is 0.250. The normalized spacial score (nSPS) is 15.1. The van der Waals surface area contributed by atoms with Crippen LogP contribution in [0.3, 0.4) is 0 Å². The molecular weight excluding hydrogens is 232 g/mol. The molecule has 0 spiro atoms. The van der Waals surface area contributed by atoms with Gasteiger partial charge in [0, 0.05) is 24.3 Å². The van der Waals surface area contributed by atoms with Crippen LogP contribution in [0.2, 0.25) is 0 Å². The maximum Gasteiger partial charge on any atom is 0.247 e. The first-order chi connectivity index (χ1) is 8.83. The highest BCUT2D eigenvalue weighted by atomic mass is 16.4. The Morgan fingerprint density at radius 1 is 1.44 bits per heavy atom. The van der Waals surface area contributed by atoms with Gasteiger partial charge >= 0.3 is 0 Å². The summed E-state index contributed by atoms with van der Waals surface area (Å²) in [6.07, 6.45) is 1.28. The van der Waals surface area contributed by atoms with E-state index < -0.39 is 0 Å². The van der Waals surface area contributed by atoms with Gasteiger partial charge in [-0.1, -0.05) is 6.07 Å². The van der Waals surface area contributed by atoms with Crippen LogP contribution in [0.1, 0.15) is 0 Å². The van der Waals surface area contributed by atoms with Crippen molar-refractivity contribution in [3.63, 3.8) is 0 Å². The van der Waals surface area contributed by atoms with E-state index in [-0.39, 0.29) is 11.8 Å². The molecule has 1 saturated heterocycles. The quantitative estimate of drug-likeness (QED) is 0.838. The summed E-state index contributed by atoms with van der Waals surface area (Å²) >= 11 is 0. The number of benzene rings is 1. The Morgan fingerprint density at radius 2 is 2.33 bits per heavy atom. The zero-order valence-corrected chi connectivity index (χ0v) is 9.59. The lowest BCUT2D eigenvalue weighted by Crippen LogP contribution is -2.48. The Bertz CT molecular complexity index is 549. The molecule has 1 amide bonds. The molecule has 0 radical (unpaired) electrons. The first-order valence-electron chi connectivity index (χ1n) is 5.71. The van der Waals surface area contributed by atoms with Crippen molar-refractivity contribution in [2.45, 2.75) is 0 Å². The second kappa shape index (κ2) is 4.58. The molecule has 1 aliphatic rings. The summed E-state index contributed by atoms with van der Waals surface area (Å²) in [7, 11) is 0. The van der Waals surface area contributed by atoms with Gasteiger partial charge in [-0.25, -0.2) is 0 Å². The van der Waals surface area contributed by atoms with E-state index in [9.17, 15) is 4.79 Å². The van der Waals surface area contributed by atoms with Crippen molar-refractivity contribution in [1.29, 1.82) is 0 Å². The van der Waals surface area contributed by atoms with Crippen LogP contribution in [0.15, 0.2) is 35.1 Å². The SMILES string of the molecule is O=C(Nc1cccc(-c2nnco2)c1)C1CNC1. The monoisotopic (exact) mass is 244 g/mol. The molecule has 2 heterocycles. The molecule has 2 N–H and O–H groups in total. The van der Waals surface area contributed by atoms with E-state index in [1.807, 2.05) is 24.3 Å². The molecule has 18 heavy (non-hydrogen) atoms. The summed E-state index contributed by atoms with van der Waals surface area (Å²) in [5, 5.41) is 13.4. The zero-order valence-electron chi connectivity index (χ0n) is 9.59. The van der Waals surface area contributed by atoms with Crippen molar-refractivity contribution in [2.24, 2.45) is 5.92 Å². The van der Waals surface area contributed by atoms with E-state index in [1.54, 1.807) is 0 Å². The van der Waals surface area contributed by atoms with Gasteiger partial charge in [-0.15, -0.1) is 10.2 Å². The van der Waals surface area contributed by atoms with Gasteiger partial charge in [0.05, 0.1) is 5.92 Å². The standard InChI is InChI=1S/C12H12N4O2/c17-11(9-5-13-6-9)15-10-3-1-2-8(4-10)12-16-14-7-18-12/h1-4,7,9,13H,5-6H2,(H,15,17). The van der Waals surface area contributed by atoms with Crippen molar-refractivity contribution >= 4 is 11.6 Å². The lowest BCUT2D eigenvalue weighted by molar-refractivity contribution is -0.121. The molecule has 0 aliphatic carbocycles.